The highest BCUT2D eigenvalue weighted by Gasteiger charge is 2.09. The second-order valence-corrected chi connectivity index (χ2v) is 5.92. The van der Waals surface area contributed by atoms with Crippen LogP contribution in [0, 0.1) is 6.92 Å². The summed E-state index contributed by atoms with van der Waals surface area (Å²) in [5, 5.41) is 12.2. The fourth-order valence-corrected chi connectivity index (χ4v) is 2.78. The lowest BCUT2D eigenvalue weighted by Gasteiger charge is -2.07. The molecule has 0 radical (unpaired) electrons. The van der Waals surface area contributed by atoms with Crippen LogP contribution in [0.25, 0.3) is 0 Å². The average molecular weight is 333 g/mol. The molecule has 1 amide bonds. The standard InChI is InChI=1S/C16H19N3O3S/c1-11-13(7-8-20)15(22)19-16(18-11)23-10-14(21)17-9-12-5-3-2-4-6-12/h2-6,20H,7-10H2,1H3,(H,17,21)(H,18,19,22). The van der Waals surface area contributed by atoms with E-state index in [2.05, 4.69) is 15.3 Å². The Kier molecular flexibility index (Phi) is 6.37. The molecule has 1 heterocycles. The van der Waals surface area contributed by atoms with Crippen molar-refractivity contribution in [3.05, 3.63) is 57.5 Å². The van der Waals surface area contributed by atoms with Gasteiger partial charge in [0.25, 0.3) is 5.56 Å². The summed E-state index contributed by atoms with van der Waals surface area (Å²) >= 11 is 1.18. The summed E-state index contributed by atoms with van der Waals surface area (Å²) in [7, 11) is 0. The predicted octanol–water partition coefficient (Wildman–Crippen LogP) is 1.02. The highest BCUT2D eigenvalue weighted by molar-refractivity contribution is 7.99. The number of aliphatic hydroxyl groups is 1. The van der Waals surface area contributed by atoms with Crippen LogP contribution in [0.15, 0.2) is 40.3 Å². The minimum atomic E-state index is -0.265. The van der Waals surface area contributed by atoms with E-state index in [9.17, 15) is 9.59 Å². The summed E-state index contributed by atoms with van der Waals surface area (Å²) in [5.74, 6) is 0.0489. The van der Waals surface area contributed by atoms with Crippen LogP contribution >= 0.6 is 11.8 Å². The van der Waals surface area contributed by atoms with Crippen molar-refractivity contribution in [3.8, 4) is 0 Å². The minimum Gasteiger partial charge on any atom is -0.396 e. The Balaban J connectivity index is 1.88. The number of nitrogens with one attached hydrogen (secondary N) is 2. The number of benzene rings is 1. The fraction of sp³-hybridized carbons (Fsp3) is 0.312. The maximum absolute atomic E-state index is 11.9. The summed E-state index contributed by atoms with van der Waals surface area (Å²) in [4.78, 5) is 30.6. The lowest BCUT2D eigenvalue weighted by atomic mass is 10.2. The second kappa shape index (κ2) is 8.50. The van der Waals surface area contributed by atoms with Gasteiger partial charge in [0.05, 0.1) is 5.75 Å². The molecule has 1 aromatic heterocycles. The number of carbonyl (C=O) groups is 1. The van der Waals surface area contributed by atoms with Crippen LogP contribution < -0.4 is 10.9 Å². The molecular weight excluding hydrogens is 314 g/mol. The molecule has 0 unspecified atom stereocenters. The minimum absolute atomic E-state index is 0.0972. The summed E-state index contributed by atoms with van der Waals surface area (Å²) in [6.45, 7) is 2.10. The molecular formula is C16H19N3O3S. The van der Waals surface area contributed by atoms with Gasteiger partial charge in [-0.3, -0.25) is 9.59 Å². The third-order valence-corrected chi connectivity index (χ3v) is 4.11. The van der Waals surface area contributed by atoms with Crippen LogP contribution in [0.2, 0.25) is 0 Å². The first-order valence-corrected chi connectivity index (χ1v) is 8.22. The number of H-pyrrole nitrogens is 1. The Morgan fingerprint density at radius 1 is 1.35 bits per heavy atom. The number of nitrogens with zero attached hydrogens (tertiary/aromatic N) is 1. The third kappa shape index (κ3) is 5.22. The lowest BCUT2D eigenvalue weighted by Crippen LogP contribution is -2.25. The van der Waals surface area contributed by atoms with Crippen LogP contribution in [0.4, 0.5) is 0 Å². The number of aromatic nitrogens is 2. The molecule has 0 bridgehead atoms. The molecule has 0 fully saturated rings. The molecule has 0 aliphatic carbocycles. The topological polar surface area (TPSA) is 95.1 Å². The van der Waals surface area contributed by atoms with Crippen molar-refractivity contribution in [1.29, 1.82) is 0 Å². The van der Waals surface area contributed by atoms with Crippen LogP contribution in [-0.4, -0.2) is 33.3 Å². The highest BCUT2D eigenvalue weighted by Crippen LogP contribution is 2.12. The molecule has 0 saturated carbocycles. The van der Waals surface area contributed by atoms with Crippen LogP contribution in [-0.2, 0) is 17.8 Å². The first kappa shape index (κ1) is 17.2. The van der Waals surface area contributed by atoms with Gasteiger partial charge in [0, 0.05) is 30.8 Å². The quantitative estimate of drug-likeness (QED) is 0.519. The van der Waals surface area contributed by atoms with Crippen LogP contribution in [0.5, 0.6) is 0 Å². The molecule has 0 saturated heterocycles. The van der Waals surface area contributed by atoms with Gasteiger partial charge in [0.2, 0.25) is 5.91 Å². The lowest BCUT2D eigenvalue weighted by molar-refractivity contribution is -0.118. The monoisotopic (exact) mass is 333 g/mol. The van der Waals surface area contributed by atoms with Crippen LogP contribution in [0.3, 0.4) is 0 Å². The van der Waals surface area contributed by atoms with Crippen molar-refractivity contribution < 1.29 is 9.90 Å². The van der Waals surface area contributed by atoms with Gasteiger partial charge in [0.1, 0.15) is 0 Å². The van der Waals surface area contributed by atoms with Gasteiger partial charge >= 0.3 is 0 Å². The molecule has 0 aliphatic rings. The number of rotatable bonds is 7. The number of thioether (sulfide) groups is 1. The first-order valence-electron chi connectivity index (χ1n) is 7.24. The van der Waals surface area contributed by atoms with E-state index < -0.39 is 0 Å². The summed E-state index contributed by atoms with van der Waals surface area (Å²) in [6, 6.07) is 9.64. The van der Waals surface area contributed by atoms with Crippen molar-refractivity contribution in [2.24, 2.45) is 0 Å². The molecule has 0 atom stereocenters. The molecule has 2 rings (SSSR count). The van der Waals surface area contributed by atoms with E-state index in [0.29, 0.717) is 23.0 Å². The molecule has 0 aliphatic heterocycles. The number of amides is 1. The van der Waals surface area contributed by atoms with Gasteiger partial charge in [-0.15, -0.1) is 0 Å². The second-order valence-electron chi connectivity index (χ2n) is 4.96. The average Bonchev–Trinajstić information content (AvgIpc) is 2.55. The molecule has 23 heavy (non-hydrogen) atoms. The molecule has 6 nitrogen and oxygen atoms in total. The van der Waals surface area contributed by atoms with Gasteiger partial charge in [-0.25, -0.2) is 4.98 Å². The van der Waals surface area contributed by atoms with Crippen molar-refractivity contribution >= 4 is 17.7 Å². The van der Waals surface area contributed by atoms with Crippen molar-refractivity contribution in [2.75, 3.05) is 12.4 Å². The zero-order chi connectivity index (χ0) is 16.7. The van der Waals surface area contributed by atoms with E-state index in [-0.39, 0.29) is 30.2 Å². The van der Waals surface area contributed by atoms with E-state index in [1.807, 2.05) is 30.3 Å². The number of carbonyl (C=O) groups excluding carboxylic acids is 1. The zero-order valence-electron chi connectivity index (χ0n) is 12.8. The first-order chi connectivity index (χ1) is 11.1. The number of aryl methyl sites for hydroxylation is 1. The number of hydrogen-bond donors (Lipinski definition) is 3. The fourth-order valence-electron chi connectivity index (χ4n) is 2.04. The van der Waals surface area contributed by atoms with E-state index in [0.717, 1.165) is 5.56 Å². The molecule has 7 heteroatoms. The zero-order valence-corrected chi connectivity index (χ0v) is 13.7. The normalized spacial score (nSPS) is 10.5. The molecule has 122 valence electrons. The Morgan fingerprint density at radius 2 is 2.09 bits per heavy atom. The van der Waals surface area contributed by atoms with Gasteiger partial charge < -0.3 is 15.4 Å². The molecule has 0 spiro atoms. The highest BCUT2D eigenvalue weighted by atomic mass is 32.2. The molecule has 2 aromatic rings. The smallest absolute Gasteiger partial charge is 0.255 e. The summed E-state index contributed by atoms with van der Waals surface area (Å²) in [5.41, 5.74) is 1.82. The predicted molar refractivity (Wildman–Crippen MR) is 89.4 cm³/mol. The number of aliphatic hydroxyl groups excluding tert-OH is 1. The van der Waals surface area contributed by atoms with Gasteiger partial charge in [0.15, 0.2) is 5.16 Å². The number of hydrogen-bond acceptors (Lipinski definition) is 5. The van der Waals surface area contributed by atoms with Crippen molar-refractivity contribution in [1.82, 2.24) is 15.3 Å². The third-order valence-electron chi connectivity index (χ3n) is 3.23. The maximum atomic E-state index is 11.9. The van der Waals surface area contributed by atoms with E-state index in [1.165, 1.54) is 11.8 Å². The van der Waals surface area contributed by atoms with Crippen LogP contribution in [0.1, 0.15) is 16.8 Å². The summed E-state index contributed by atoms with van der Waals surface area (Å²) < 4.78 is 0. The largest absolute Gasteiger partial charge is 0.396 e. The van der Waals surface area contributed by atoms with Gasteiger partial charge in [-0.1, -0.05) is 42.1 Å². The SMILES string of the molecule is Cc1nc(SCC(=O)NCc2ccccc2)[nH]c(=O)c1CCO. The molecule has 1 aromatic carbocycles. The Labute approximate surface area is 138 Å². The van der Waals surface area contributed by atoms with E-state index >= 15 is 0 Å². The summed E-state index contributed by atoms with van der Waals surface area (Å²) in [6.07, 6.45) is 0.274. The Bertz CT molecular complexity index is 716. The molecule has 3 N–H and O–H groups in total. The van der Waals surface area contributed by atoms with E-state index in [4.69, 9.17) is 5.11 Å². The van der Waals surface area contributed by atoms with E-state index in [1.54, 1.807) is 6.92 Å². The van der Waals surface area contributed by atoms with Crippen molar-refractivity contribution in [3.63, 3.8) is 0 Å². The maximum Gasteiger partial charge on any atom is 0.255 e. The van der Waals surface area contributed by atoms with Gasteiger partial charge in [-0.05, 0) is 12.5 Å². The Morgan fingerprint density at radius 3 is 2.74 bits per heavy atom. The Hall–Kier alpha value is -2.12. The number of aromatic amines is 1. The van der Waals surface area contributed by atoms with Gasteiger partial charge in [-0.2, -0.15) is 0 Å². The van der Waals surface area contributed by atoms with Crippen molar-refractivity contribution in [2.45, 2.75) is 25.0 Å².